The second kappa shape index (κ2) is 7.88. The molecule has 0 bridgehead atoms. The molecule has 24 heavy (non-hydrogen) atoms. The highest BCUT2D eigenvalue weighted by Gasteiger charge is 2.15. The van der Waals surface area contributed by atoms with E-state index in [1.54, 1.807) is 12.1 Å². The number of rotatable bonds is 4. The van der Waals surface area contributed by atoms with Gasteiger partial charge in [0.05, 0.1) is 18.2 Å². The Labute approximate surface area is 146 Å². The first kappa shape index (κ1) is 16.4. The Morgan fingerprint density at radius 1 is 1.17 bits per heavy atom. The number of amides is 1. The van der Waals surface area contributed by atoms with E-state index in [4.69, 9.17) is 21.1 Å². The predicted octanol–water partition coefficient (Wildman–Crippen LogP) is 3.83. The minimum Gasteiger partial charge on any atom is -0.489 e. The number of carbonyl (C=O) groups excluding carboxylic acids is 1. The van der Waals surface area contributed by atoms with Crippen molar-refractivity contribution >= 4 is 23.6 Å². The fourth-order valence-corrected chi connectivity index (χ4v) is 2.66. The lowest BCUT2D eigenvalue weighted by atomic mass is 10.2. The van der Waals surface area contributed by atoms with E-state index < -0.39 is 0 Å². The number of fused-ring (bicyclic) bond motifs is 1. The van der Waals surface area contributed by atoms with E-state index >= 15 is 0 Å². The van der Waals surface area contributed by atoms with Gasteiger partial charge in [-0.05, 0) is 29.3 Å². The van der Waals surface area contributed by atoms with Crippen molar-refractivity contribution in [3.05, 3.63) is 64.7 Å². The molecule has 0 atom stereocenters. The molecule has 1 aliphatic rings. The first-order valence-corrected chi connectivity index (χ1v) is 8.19. The van der Waals surface area contributed by atoms with Crippen LogP contribution in [0.3, 0.4) is 0 Å². The Hall–Kier alpha value is -2.46. The summed E-state index contributed by atoms with van der Waals surface area (Å²) in [5, 5.41) is 3.34. The summed E-state index contributed by atoms with van der Waals surface area (Å²) in [6.45, 7) is 1.56. The van der Waals surface area contributed by atoms with Crippen LogP contribution in [0.15, 0.2) is 48.5 Å². The largest absolute Gasteiger partial charge is 0.489 e. The second-order valence-electron chi connectivity index (χ2n) is 5.42. The molecule has 0 saturated carbocycles. The zero-order chi connectivity index (χ0) is 16.8. The maximum Gasteiger partial charge on any atom is 0.244 e. The summed E-state index contributed by atoms with van der Waals surface area (Å²) in [5.74, 6) is 1.04. The molecule has 3 rings (SSSR count). The van der Waals surface area contributed by atoms with E-state index in [1.165, 1.54) is 6.08 Å². The number of benzene rings is 2. The summed E-state index contributed by atoms with van der Waals surface area (Å²) < 4.78 is 11.2. The molecule has 2 aromatic carbocycles. The summed E-state index contributed by atoms with van der Waals surface area (Å²) in [7, 11) is 0. The summed E-state index contributed by atoms with van der Waals surface area (Å²) in [6.07, 6.45) is 4.11. The quantitative estimate of drug-likeness (QED) is 0.858. The lowest BCUT2D eigenvalue weighted by molar-refractivity contribution is -0.116. The van der Waals surface area contributed by atoms with Gasteiger partial charge in [-0.3, -0.25) is 4.79 Å². The van der Waals surface area contributed by atoms with Gasteiger partial charge in [-0.2, -0.15) is 0 Å². The molecule has 0 spiro atoms. The third kappa shape index (κ3) is 4.30. The van der Waals surface area contributed by atoms with Gasteiger partial charge in [0.25, 0.3) is 0 Å². The van der Waals surface area contributed by atoms with Crippen molar-refractivity contribution in [2.24, 2.45) is 0 Å². The fourth-order valence-electron chi connectivity index (χ4n) is 2.37. The molecule has 1 amide bonds. The zero-order valence-corrected chi connectivity index (χ0v) is 13.9. The van der Waals surface area contributed by atoms with E-state index in [9.17, 15) is 4.79 Å². The highest BCUT2D eigenvalue weighted by Crippen LogP contribution is 2.37. The lowest BCUT2D eigenvalue weighted by Gasteiger charge is -2.11. The molecule has 0 aromatic heterocycles. The average Bonchev–Trinajstić information content (AvgIpc) is 2.85. The molecule has 0 unspecified atom stereocenters. The third-order valence-corrected chi connectivity index (χ3v) is 3.84. The van der Waals surface area contributed by atoms with E-state index in [0.29, 0.717) is 36.3 Å². The summed E-state index contributed by atoms with van der Waals surface area (Å²) in [6, 6.07) is 13.3. The number of hydrogen-bond acceptors (Lipinski definition) is 3. The lowest BCUT2D eigenvalue weighted by Crippen LogP contribution is -2.20. The summed E-state index contributed by atoms with van der Waals surface area (Å²) in [5.41, 5.74) is 1.84. The molecular weight excluding hydrogens is 326 g/mol. The number of ether oxygens (including phenoxy) is 2. The van der Waals surface area contributed by atoms with Crippen LogP contribution in [0, 0.1) is 0 Å². The van der Waals surface area contributed by atoms with Gasteiger partial charge < -0.3 is 14.8 Å². The SMILES string of the molecule is O=C(/C=C/c1ccccc1)NCc1cc(Cl)c2c(c1)OCCCO2. The highest BCUT2D eigenvalue weighted by molar-refractivity contribution is 6.32. The third-order valence-electron chi connectivity index (χ3n) is 3.56. The van der Waals surface area contributed by atoms with Crippen LogP contribution in [0.2, 0.25) is 5.02 Å². The maximum absolute atomic E-state index is 11.9. The summed E-state index contributed by atoms with van der Waals surface area (Å²) >= 11 is 6.24. The van der Waals surface area contributed by atoms with Crippen LogP contribution in [0.25, 0.3) is 6.08 Å². The second-order valence-corrected chi connectivity index (χ2v) is 5.82. The number of hydrogen-bond donors (Lipinski definition) is 1. The molecule has 2 aromatic rings. The molecule has 1 heterocycles. The van der Waals surface area contributed by atoms with Crippen molar-refractivity contribution < 1.29 is 14.3 Å². The van der Waals surface area contributed by atoms with Crippen LogP contribution in [0.5, 0.6) is 11.5 Å². The maximum atomic E-state index is 11.9. The topological polar surface area (TPSA) is 47.6 Å². The van der Waals surface area contributed by atoms with Gasteiger partial charge in [0.1, 0.15) is 0 Å². The van der Waals surface area contributed by atoms with Crippen molar-refractivity contribution in [1.82, 2.24) is 5.32 Å². The number of halogens is 1. The Bertz CT molecular complexity index is 744. The minimum atomic E-state index is -0.165. The van der Waals surface area contributed by atoms with Gasteiger partial charge in [-0.1, -0.05) is 41.9 Å². The fraction of sp³-hybridized carbons (Fsp3) is 0.211. The predicted molar refractivity (Wildman–Crippen MR) is 94.4 cm³/mol. The Morgan fingerprint density at radius 3 is 2.79 bits per heavy atom. The molecule has 0 saturated heterocycles. The first-order chi connectivity index (χ1) is 11.7. The van der Waals surface area contributed by atoms with Crippen LogP contribution in [0.1, 0.15) is 17.5 Å². The monoisotopic (exact) mass is 343 g/mol. The number of carbonyl (C=O) groups is 1. The van der Waals surface area contributed by atoms with E-state index in [-0.39, 0.29) is 5.91 Å². The van der Waals surface area contributed by atoms with Crippen LogP contribution < -0.4 is 14.8 Å². The molecule has 1 N–H and O–H groups in total. The minimum absolute atomic E-state index is 0.165. The molecule has 124 valence electrons. The molecular formula is C19H18ClNO3. The summed E-state index contributed by atoms with van der Waals surface area (Å²) in [4.78, 5) is 11.9. The first-order valence-electron chi connectivity index (χ1n) is 7.81. The van der Waals surface area contributed by atoms with Crippen LogP contribution >= 0.6 is 11.6 Å². The Morgan fingerprint density at radius 2 is 1.96 bits per heavy atom. The average molecular weight is 344 g/mol. The van der Waals surface area contributed by atoms with Gasteiger partial charge >= 0.3 is 0 Å². The van der Waals surface area contributed by atoms with Crippen LogP contribution in [-0.2, 0) is 11.3 Å². The van der Waals surface area contributed by atoms with Crippen LogP contribution in [-0.4, -0.2) is 19.1 Å². The molecule has 5 heteroatoms. The van der Waals surface area contributed by atoms with Gasteiger partial charge in [0.2, 0.25) is 5.91 Å². The van der Waals surface area contributed by atoms with Crippen molar-refractivity contribution in [3.63, 3.8) is 0 Å². The van der Waals surface area contributed by atoms with Crippen molar-refractivity contribution in [3.8, 4) is 11.5 Å². The van der Waals surface area contributed by atoms with E-state index in [0.717, 1.165) is 17.5 Å². The molecule has 0 aliphatic carbocycles. The Balaban J connectivity index is 1.62. The molecule has 0 radical (unpaired) electrons. The molecule has 1 aliphatic heterocycles. The van der Waals surface area contributed by atoms with Gasteiger partial charge in [0.15, 0.2) is 11.5 Å². The van der Waals surface area contributed by atoms with Gasteiger partial charge in [0, 0.05) is 19.0 Å². The van der Waals surface area contributed by atoms with E-state index in [1.807, 2.05) is 36.4 Å². The van der Waals surface area contributed by atoms with E-state index in [2.05, 4.69) is 5.32 Å². The highest BCUT2D eigenvalue weighted by atomic mass is 35.5. The molecule has 0 fully saturated rings. The van der Waals surface area contributed by atoms with Gasteiger partial charge in [-0.15, -0.1) is 0 Å². The Kier molecular flexibility index (Phi) is 5.39. The van der Waals surface area contributed by atoms with Crippen molar-refractivity contribution in [2.75, 3.05) is 13.2 Å². The standard InChI is InChI=1S/C19H18ClNO3/c20-16-11-15(12-17-19(16)24-10-4-9-23-17)13-21-18(22)8-7-14-5-2-1-3-6-14/h1-3,5-8,11-12H,4,9-10,13H2,(H,21,22)/b8-7+. The van der Waals surface area contributed by atoms with Crippen molar-refractivity contribution in [2.45, 2.75) is 13.0 Å². The zero-order valence-electron chi connectivity index (χ0n) is 13.1. The smallest absolute Gasteiger partial charge is 0.244 e. The van der Waals surface area contributed by atoms with Crippen LogP contribution in [0.4, 0.5) is 0 Å². The normalized spacial score (nSPS) is 13.5. The molecule has 4 nitrogen and oxygen atoms in total. The van der Waals surface area contributed by atoms with Gasteiger partial charge in [-0.25, -0.2) is 0 Å². The van der Waals surface area contributed by atoms with Crippen molar-refractivity contribution in [1.29, 1.82) is 0 Å². The number of nitrogens with one attached hydrogen (secondary N) is 1.